The standard InChI is InChI=1S/C30H32N2O5/c1-3-37-30(35)27-25-21(19-31(27)18-20-11-6-4-7-12-20)17-24-26(23(25)15-10-16-36-2)29(34)32(28(24)33)22-13-8-5-9-14-22/h4-9,11-14,19,23-24,26H,3,10,15-18H2,1-2H3/t23-,24+,26-/m0/s1. The molecule has 7 nitrogen and oxygen atoms in total. The van der Waals surface area contributed by atoms with E-state index in [1.165, 1.54) is 4.90 Å². The third-order valence-corrected chi connectivity index (χ3v) is 7.46. The monoisotopic (exact) mass is 500 g/mol. The fourth-order valence-electron chi connectivity index (χ4n) is 5.97. The van der Waals surface area contributed by atoms with Gasteiger partial charge in [0, 0.05) is 26.5 Å². The molecule has 2 aromatic carbocycles. The van der Waals surface area contributed by atoms with Crippen LogP contribution >= 0.6 is 0 Å². The smallest absolute Gasteiger partial charge is 0.355 e. The first-order valence-corrected chi connectivity index (χ1v) is 12.9. The lowest BCUT2D eigenvalue weighted by Crippen LogP contribution is -2.33. The van der Waals surface area contributed by atoms with Crippen LogP contribution in [0.1, 0.15) is 52.9 Å². The second-order valence-corrected chi connectivity index (χ2v) is 9.68. The molecule has 2 aliphatic rings. The van der Waals surface area contributed by atoms with Crippen LogP contribution in [0.15, 0.2) is 66.9 Å². The lowest BCUT2D eigenvalue weighted by atomic mass is 9.69. The van der Waals surface area contributed by atoms with Crippen molar-refractivity contribution < 1.29 is 23.9 Å². The number of esters is 1. The van der Waals surface area contributed by atoms with Crippen LogP contribution in [0.5, 0.6) is 0 Å². The van der Waals surface area contributed by atoms with Gasteiger partial charge in [-0.3, -0.25) is 14.5 Å². The van der Waals surface area contributed by atoms with E-state index in [1.54, 1.807) is 26.2 Å². The van der Waals surface area contributed by atoms with Crippen LogP contribution in [0.4, 0.5) is 5.69 Å². The van der Waals surface area contributed by atoms with E-state index in [-0.39, 0.29) is 24.3 Å². The van der Waals surface area contributed by atoms with Gasteiger partial charge >= 0.3 is 5.97 Å². The molecule has 1 fully saturated rings. The number of aromatic nitrogens is 1. The van der Waals surface area contributed by atoms with Crippen LogP contribution < -0.4 is 4.90 Å². The first-order valence-electron chi connectivity index (χ1n) is 12.9. The van der Waals surface area contributed by atoms with Crippen molar-refractivity contribution in [1.29, 1.82) is 0 Å². The molecule has 0 radical (unpaired) electrons. The van der Waals surface area contributed by atoms with Gasteiger partial charge in [0.25, 0.3) is 0 Å². The zero-order valence-electron chi connectivity index (χ0n) is 21.3. The number of anilines is 1. The number of carbonyl (C=O) groups excluding carboxylic acids is 3. The number of imide groups is 1. The van der Waals surface area contributed by atoms with Crippen molar-refractivity contribution in [3.05, 3.63) is 89.2 Å². The van der Waals surface area contributed by atoms with Gasteiger partial charge in [-0.15, -0.1) is 0 Å². The van der Waals surface area contributed by atoms with Crippen LogP contribution in [0.2, 0.25) is 0 Å². The number of hydrogen-bond acceptors (Lipinski definition) is 5. The quantitative estimate of drug-likeness (QED) is 0.244. The Morgan fingerprint density at radius 2 is 1.70 bits per heavy atom. The maximum atomic E-state index is 13.9. The van der Waals surface area contributed by atoms with Gasteiger partial charge in [0.15, 0.2) is 0 Å². The summed E-state index contributed by atoms with van der Waals surface area (Å²) < 4.78 is 12.8. The van der Waals surface area contributed by atoms with E-state index in [4.69, 9.17) is 9.47 Å². The van der Waals surface area contributed by atoms with Gasteiger partial charge in [-0.2, -0.15) is 0 Å². The minimum absolute atomic E-state index is 0.169. The molecule has 37 heavy (non-hydrogen) atoms. The Kier molecular flexibility index (Phi) is 7.24. The largest absolute Gasteiger partial charge is 0.461 e. The van der Waals surface area contributed by atoms with Crippen LogP contribution in [-0.2, 0) is 32.0 Å². The molecule has 1 aliphatic carbocycles. The zero-order chi connectivity index (χ0) is 25.9. The van der Waals surface area contributed by atoms with Gasteiger partial charge in [0.2, 0.25) is 11.8 Å². The highest BCUT2D eigenvalue weighted by Gasteiger charge is 2.55. The molecule has 7 heteroatoms. The van der Waals surface area contributed by atoms with Crippen molar-refractivity contribution in [2.24, 2.45) is 11.8 Å². The summed E-state index contributed by atoms with van der Waals surface area (Å²) in [7, 11) is 1.65. The number of ether oxygens (including phenoxy) is 2. The molecule has 5 rings (SSSR count). The van der Waals surface area contributed by atoms with Crippen LogP contribution in [0.3, 0.4) is 0 Å². The third-order valence-electron chi connectivity index (χ3n) is 7.46. The molecule has 1 aliphatic heterocycles. The molecule has 0 unspecified atom stereocenters. The maximum Gasteiger partial charge on any atom is 0.355 e. The maximum absolute atomic E-state index is 13.9. The van der Waals surface area contributed by atoms with Gasteiger partial charge in [0.1, 0.15) is 5.69 Å². The number of hydrogen-bond donors (Lipinski definition) is 0. The summed E-state index contributed by atoms with van der Waals surface area (Å²) in [5, 5.41) is 0. The van der Waals surface area contributed by atoms with Gasteiger partial charge in [-0.05, 0) is 60.9 Å². The Bertz CT molecular complexity index is 1280. The number of amides is 2. The van der Waals surface area contributed by atoms with E-state index in [0.717, 1.165) is 16.7 Å². The summed E-state index contributed by atoms with van der Waals surface area (Å²) >= 11 is 0. The predicted molar refractivity (Wildman–Crippen MR) is 139 cm³/mol. The SMILES string of the molecule is CCOC(=O)c1c2c(cn1Cc1ccccc1)C[C@H]1C(=O)N(c3ccccc3)C(=O)[C@H]1[C@H]2CCCOC. The van der Waals surface area contributed by atoms with Gasteiger partial charge in [-0.1, -0.05) is 48.5 Å². The van der Waals surface area contributed by atoms with Crippen molar-refractivity contribution in [2.45, 2.75) is 38.6 Å². The number of para-hydroxylation sites is 1. The summed E-state index contributed by atoms with van der Waals surface area (Å²) in [5.41, 5.74) is 3.92. The average molecular weight is 501 g/mol. The highest BCUT2D eigenvalue weighted by atomic mass is 16.5. The molecule has 192 valence electrons. The van der Waals surface area contributed by atoms with E-state index < -0.39 is 17.8 Å². The van der Waals surface area contributed by atoms with Crippen LogP contribution in [0, 0.1) is 11.8 Å². The van der Waals surface area contributed by atoms with Crippen molar-refractivity contribution >= 4 is 23.5 Å². The first-order chi connectivity index (χ1) is 18.0. The molecule has 0 spiro atoms. The summed E-state index contributed by atoms with van der Waals surface area (Å²) in [6.07, 6.45) is 3.74. The van der Waals surface area contributed by atoms with Crippen molar-refractivity contribution in [1.82, 2.24) is 4.57 Å². The molecule has 0 bridgehead atoms. The fourth-order valence-corrected chi connectivity index (χ4v) is 5.97. The topological polar surface area (TPSA) is 77.8 Å². The fraction of sp³-hybridized carbons (Fsp3) is 0.367. The summed E-state index contributed by atoms with van der Waals surface area (Å²) in [6.45, 7) is 3.08. The van der Waals surface area contributed by atoms with Crippen molar-refractivity contribution in [3.8, 4) is 0 Å². The van der Waals surface area contributed by atoms with Gasteiger partial charge in [-0.25, -0.2) is 4.79 Å². The Morgan fingerprint density at radius 3 is 2.38 bits per heavy atom. The lowest BCUT2D eigenvalue weighted by molar-refractivity contribution is -0.122. The van der Waals surface area contributed by atoms with E-state index in [2.05, 4.69) is 0 Å². The van der Waals surface area contributed by atoms with Gasteiger partial charge in [0.05, 0.1) is 24.1 Å². The van der Waals surface area contributed by atoms with Crippen molar-refractivity contribution in [2.75, 3.05) is 25.2 Å². The molecule has 0 N–H and O–H groups in total. The Balaban J connectivity index is 1.60. The molecule has 1 saturated heterocycles. The molecular weight excluding hydrogens is 468 g/mol. The van der Waals surface area contributed by atoms with Gasteiger partial charge < -0.3 is 14.0 Å². The number of benzene rings is 2. The lowest BCUT2D eigenvalue weighted by Gasteiger charge is -2.31. The zero-order valence-corrected chi connectivity index (χ0v) is 21.3. The third kappa shape index (κ3) is 4.60. The number of nitrogens with zero attached hydrogens (tertiary/aromatic N) is 2. The Labute approximate surface area is 217 Å². The molecule has 1 aromatic heterocycles. The highest BCUT2D eigenvalue weighted by Crippen LogP contribution is 2.50. The number of rotatable bonds is 9. The Hall–Kier alpha value is -3.71. The number of methoxy groups -OCH3 is 1. The minimum Gasteiger partial charge on any atom is -0.461 e. The van der Waals surface area contributed by atoms with Crippen molar-refractivity contribution in [3.63, 3.8) is 0 Å². The highest BCUT2D eigenvalue weighted by molar-refractivity contribution is 6.22. The van der Waals surface area contributed by atoms with E-state index >= 15 is 0 Å². The van der Waals surface area contributed by atoms with E-state index in [1.807, 2.05) is 59.3 Å². The summed E-state index contributed by atoms with van der Waals surface area (Å²) in [5.74, 6) is -2.04. The van der Waals surface area contributed by atoms with E-state index in [9.17, 15) is 14.4 Å². The second-order valence-electron chi connectivity index (χ2n) is 9.68. The summed E-state index contributed by atoms with van der Waals surface area (Å²) in [6, 6.07) is 19.0. The number of fused-ring (bicyclic) bond motifs is 2. The second kappa shape index (κ2) is 10.7. The average Bonchev–Trinajstić information content (AvgIpc) is 3.39. The summed E-state index contributed by atoms with van der Waals surface area (Å²) in [4.78, 5) is 42.2. The van der Waals surface area contributed by atoms with E-state index in [0.29, 0.717) is 43.8 Å². The predicted octanol–water partition coefficient (Wildman–Crippen LogP) is 4.59. The van der Waals surface area contributed by atoms with Crippen LogP contribution in [-0.4, -0.2) is 42.7 Å². The Morgan fingerprint density at radius 1 is 1.00 bits per heavy atom. The molecule has 3 atom stereocenters. The van der Waals surface area contributed by atoms with Crippen LogP contribution in [0.25, 0.3) is 0 Å². The normalized spacial score (nSPS) is 20.6. The number of carbonyl (C=O) groups is 3. The molecule has 2 amide bonds. The molecule has 0 saturated carbocycles. The molecule has 3 aromatic rings. The minimum atomic E-state index is -0.530. The first kappa shape index (κ1) is 25.0. The molecular formula is C30H32N2O5. The molecule has 2 heterocycles.